The minimum atomic E-state index is 0.361. The Balaban J connectivity index is 1.49. The van der Waals surface area contributed by atoms with Gasteiger partial charge >= 0.3 is 0 Å². The standard InChI is InChI=1S/C17H22N8O/c1-11-12(2)22-17-20-10-21-25(17)16(11)24-6-4-13(5-7-24)23-14-8-15(26-3)19-9-18-14/h8-10,13H,4-7H2,1-3H3,(H,18,19,23). The first kappa shape index (κ1) is 16.5. The Bertz CT molecular complexity index is 916. The molecule has 0 aliphatic carbocycles. The molecule has 0 saturated carbocycles. The molecule has 26 heavy (non-hydrogen) atoms. The van der Waals surface area contributed by atoms with Gasteiger partial charge in [-0.1, -0.05) is 0 Å². The molecular weight excluding hydrogens is 332 g/mol. The number of piperidine rings is 1. The number of fused-ring (bicyclic) bond motifs is 1. The maximum atomic E-state index is 5.16. The van der Waals surface area contributed by atoms with Crippen LogP contribution < -0.4 is 15.0 Å². The van der Waals surface area contributed by atoms with Gasteiger partial charge in [-0.05, 0) is 26.7 Å². The lowest BCUT2D eigenvalue weighted by molar-refractivity contribution is 0.397. The second-order valence-corrected chi connectivity index (χ2v) is 6.47. The summed E-state index contributed by atoms with van der Waals surface area (Å²) in [6.07, 6.45) is 5.08. The summed E-state index contributed by atoms with van der Waals surface area (Å²) < 4.78 is 6.99. The normalized spacial score (nSPS) is 15.4. The van der Waals surface area contributed by atoms with E-state index in [9.17, 15) is 0 Å². The fourth-order valence-corrected chi connectivity index (χ4v) is 3.36. The van der Waals surface area contributed by atoms with Gasteiger partial charge in [0, 0.05) is 36.5 Å². The van der Waals surface area contributed by atoms with Crippen molar-refractivity contribution in [2.75, 3.05) is 30.4 Å². The van der Waals surface area contributed by atoms with E-state index >= 15 is 0 Å². The molecule has 0 spiro atoms. The van der Waals surface area contributed by atoms with Gasteiger partial charge in [0.2, 0.25) is 5.88 Å². The zero-order valence-corrected chi connectivity index (χ0v) is 15.2. The number of aryl methyl sites for hydroxylation is 1. The van der Waals surface area contributed by atoms with Gasteiger partial charge in [0.25, 0.3) is 5.78 Å². The third-order valence-electron chi connectivity index (χ3n) is 4.87. The van der Waals surface area contributed by atoms with Gasteiger partial charge in [-0.15, -0.1) is 0 Å². The number of aromatic nitrogens is 6. The summed E-state index contributed by atoms with van der Waals surface area (Å²) in [7, 11) is 1.61. The van der Waals surface area contributed by atoms with E-state index in [-0.39, 0.29) is 0 Å². The largest absolute Gasteiger partial charge is 0.481 e. The van der Waals surface area contributed by atoms with E-state index < -0.39 is 0 Å². The highest BCUT2D eigenvalue weighted by Crippen LogP contribution is 2.26. The van der Waals surface area contributed by atoms with Crippen LogP contribution in [0.3, 0.4) is 0 Å². The number of anilines is 2. The first-order chi connectivity index (χ1) is 12.7. The number of hydrogen-bond donors (Lipinski definition) is 1. The molecular formula is C17H22N8O. The molecule has 4 heterocycles. The van der Waals surface area contributed by atoms with Crippen molar-refractivity contribution in [2.45, 2.75) is 32.7 Å². The SMILES string of the molecule is COc1cc(NC2CCN(c3c(C)c(C)nc4ncnn34)CC2)ncn1. The van der Waals surface area contributed by atoms with E-state index in [0.29, 0.717) is 17.7 Å². The van der Waals surface area contributed by atoms with Crippen molar-refractivity contribution in [3.05, 3.63) is 30.0 Å². The topological polar surface area (TPSA) is 93.4 Å². The first-order valence-corrected chi connectivity index (χ1v) is 8.70. The zero-order chi connectivity index (χ0) is 18.1. The average molecular weight is 354 g/mol. The van der Waals surface area contributed by atoms with Crippen LogP contribution in [-0.2, 0) is 0 Å². The summed E-state index contributed by atoms with van der Waals surface area (Å²) in [6.45, 7) is 5.97. The summed E-state index contributed by atoms with van der Waals surface area (Å²) in [6, 6.07) is 2.18. The fraction of sp³-hybridized carbons (Fsp3) is 0.471. The van der Waals surface area contributed by atoms with E-state index in [4.69, 9.17) is 4.74 Å². The van der Waals surface area contributed by atoms with E-state index in [2.05, 4.69) is 42.2 Å². The van der Waals surface area contributed by atoms with Crippen LogP contribution in [0.2, 0.25) is 0 Å². The minimum Gasteiger partial charge on any atom is -0.481 e. The third kappa shape index (κ3) is 3.00. The molecule has 9 nitrogen and oxygen atoms in total. The van der Waals surface area contributed by atoms with Gasteiger partial charge in [0.1, 0.15) is 24.3 Å². The van der Waals surface area contributed by atoms with Gasteiger partial charge < -0.3 is 15.0 Å². The molecule has 3 aromatic rings. The number of rotatable bonds is 4. The van der Waals surface area contributed by atoms with Gasteiger partial charge in [-0.2, -0.15) is 14.6 Å². The maximum Gasteiger partial charge on any atom is 0.254 e. The molecule has 1 aliphatic heterocycles. The van der Waals surface area contributed by atoms with Gasteiger partial charge in [0.05, 0.1) is 7.11 Å². The first-order valence-electron chi connectivity index (χ1n) is 8.70. The van der Waals surface area contributed by atoms with Crippen LogP contribution in [0.1, 0.15) is 24.1 Å². The van der Waals surface area contributed by atoms with Crippen LogP contribution in [0.15, 0.2) is 18.7 Å². The van der Waals surface area contributed by atoms with Crippen molar-refractivity contribution in [1.29, 1.82) is 0 Å². The van der Waals surface area contributed by atoms with E-state index in [1.807, 2.05) is 17.5 Å². The lowest BCUT2D eigenvalue weighted by Crippen LogP contribution is -2.40. The van der Waals surface area contributed by atoms with Crippen molar-refractivity contribution in [1.82, 2.24) is 29.5 Å². The van der Waals surface area contributed by atoms with Crippen LogP contribution in [0.5, 0.6) is 5.88 Å². The Morgan fingerprint density at radius 2 is 1.92 bits per heavy atom. The van der Waals surface area contributed by atoms with Crippen LogP contribution in [0, 0.1) is 13.8 Å². The van der Waals surface area contributed by atoms with Crippen molar-refractivity contribution in [3.8, 4) is 5.88 Å². The summed E-state index contributed by atoms with van der Waals surface area (Å²) in [5.41, 5.74) is 2.14. The molecule has 0 unspecified atom stereocenters. The van der Waals surface area contributed by atoms with Crippen LogP contribution in [-0.4, -0.2) is 55.8 Å². The molecule has 3 aromatic heterocycles. The molecule has 0 aromatic carbocycles. The Labute approximate surface area is 151 Å². The lowest BCUT2D eigenvalue weighted by atomic mass is 10.0. The second-order valence-electron chi connectivity index (χ2n) is 6.47. The molecule has 0 bridgehead atoms. The number of nitrogens with one attached hydrogen (secondary N) is 1. The number of methoxy groups -OCH3 is 1. The average Bonchev–Trinajstić information content (AvgIpc) is 3.11. The minimum absolute atomic E-state index is 0.361. The van der Waals surface area contributed by atoms with E-state index in [0.717, 1.165) is 48.8 Å². The Morgan fingerprint density at radius 3 is 2.69 bits per heavy atom. The predicted molar refractivity (Wildman–Crippen MR) is 97.7 cm³/mol. The molecule has 4 rings (SSSR count). The zero-order valence-electron chi connectivity index (χ0n) is 15.2. The number of nitrogens with zero attached hydrogens (tertiary/aromatic N) is 7. The van der Waals surface area contributed by atoms with Crippen molar-refractivity contribution >= 4 is 17.4 Å². The van der Waals surface area contributed by atoms with E-state index in [1.54, 1.807) is 13.4 Å². The smallest absolute Gasteiger partial charge is 0.254 e. The second kappa shape index (κ2) is 6.74. The highest BCUT2D eigenvalue weighted by atomic mass is 16.5. The van der Waals surface area contributed by atoms with Gasteiger partial charge in [-0.25, -0.2) is 15.0 Å². The Morgan fingerprint density at radius 1 is 1.12 bits per heavy atom. The summed E-state index contributed by atoms with van der Waals surface area (Å²) in [5.74, 6) is 3.10. The van der Waals surface area contributed by atoms with E-state index in [1.165, 1.54) is 6.33 Å². The highest BCUT2D eigenvalue weighted by molar-refractivity contribution is 5.54. The number of hydrogen-bond acceptors (Lipinski definition) is 8. The Kier molecular flexibility index (Phi) is 4.27. The monoisotopic (exact) mass is 354 g/mol. The summed E-state index contributed by atoms with van der Waals surface area (Å²) in [5, 5.41) is 7.84. The summed E-state index contributed by atoms with van der Waals surface area (Å²) >= 11 is 0. The molecule has 136 valence electrons. The summed E-state index contributed by atoms with van der Waals surface area (Å²) in [4.78, 5) is 19.4. The van der Waals surface area contributed by atoms with Gasteiger partial charge in [-0.3, -0.25) is 0 Å². The van der Waals surface area contributed by atoms with Crippen molar-refractivity contribution in [2.24, 2.45) is 0 Å². The fourth-order valence-electron chi connectivity index (χ4n) is 3.36. The Hall–Kier alpha value is -2.97. The van der Waals surface area contributed by atoms with Gasteiger partial charge in [0.15, 0.2) is 0 Å². The van der Waals surface area contributed by atoms with Crippen molar-refractivity contribution < 1.29 is 4.74 Å². The molecule has 1 fully saturated rings. The van der Waals surface area contributed by atoms with Crippen LogP contribution in [0.4, 0.5) is 11.6 Å². The third-order valence-corrected chi connectivity index (χ3v) is 4.87. The quantitative estimate of drug-likeness (QED) is 0.755. The highest BCUT2D eigenvalue weighted by Gasteiger charge is 2.24. The van der Waals surface area contributed by atoms with Crippen LogP contribution >= 0.6 is 0 Å². The van der Waals surface area contributed by atoms with Crippen molar-refractivity contribution in [3.63, 3.8) is 0 Å². The number of ether oxygens (including phenoxy) is 1. The molecule has 1 aliphatic rings. The molecule has 0 amide bonds. The molecule has 1 saturated heterocycles. The predicted octanol–water partition coefficient (Wildman–Crippen LogP) is 1.62. The molecule has 1 N–H and O–H groups in total. The molecule has 0 radical (unpaired) electrons. The maximum absolute atomic E-state index is 5.16. The molecule has 9 heteroatoms. The molecule has 0 atom stereocenters. The van der Waals surface area contributed by atoms with Crippen LogP contribution in [0.25, 0.3) is 5.78 Å². The lowest BCUT2D eigenvalue weighted by Gasteiger charge is -2.34.